The van der Waals surface area contributed by atoms with Crippen LogP contribution >= 0.6 is 12.6 Å². The van der Waals surface area contributed by atoms with Gasteiger partial charge in [0.2, 0.25) is 0 Å². The van der Waals surface area contributed by atoms with Gasteiger partial charge >= 0.3 is 5.97 Å². The molecule has 0 aromatic rings. The Hall–Kier alpha value is -0.180. The highest BCUT2D eigenvalue weighted by Gasteiger charge is 2.34. The van der Waals surface area contributed by atoms with Crippen LogP contribution in [0.5, 0.6) is 0 Å². The maximum absolute atomic E-state index is 10.7. The highest BCUT2D eigenvalue weighted by molar-refractivity contribution is 7.80. The number of aliphatic carboxylic acids is 1. The van der Waals surface area contributed by atoms with Gasteiger partial charge in [-0.2, -0.15) is 12.6 Å². The fourth-order valence-corrected chi connectivity index (χ4v) is 2.23. The molecule has 3 heteroatoms. The lowest BCUT2D eigenvalue weighted by Crippen LogP contribution is -2.23. The third-order valence-corrected chi connectivity index (χ3v) is 2.89. The zero-order valence-corrected chi connectivity index (χ0v) is 7.55. The third-order valence-electron chi connectivity index (χ3n) is 2.51. The van der Waals surface area contributed by atoms with E-state index in [1.165, 1.54) is 0 Å². The molecule has 1 N–H and O–H groups in total. The van der Waals surface area contributed by atoms with Crippen molar-refractivity contribution < 1.29 is 9.90 Å². The van der Waals surface area contributed by atoms with Gasteiger partial charge in [-0.1, -0.05) is 13.3 Å². The van der Waals surface area contributed by atoms with E-state index in [1.807, 2.05) is 6.92 Å². The van der Waals surface area contributed by atoms with E-state index in [-0.39, 0.29) is 17.1 Å². The monoisotopic (exact) mass is 174 g/mol. The quantitative estimate of drug-likeness (QED) is 0.626. The average Bonchev–Trinajstić information content (AvgIpc) is 2.32. The highest BCUT2D eigenvalue weighted by atomic mass is 32.1. The topological polar surface area (TPSA) is 37.3 Å². The van der Waals surface area contributed by atoms with Gasteiger partial charge in [0.1, 0.15) is 0 Å². The number of hydrogen-bond acceptors (Lipinski definition) is 2. The van der Waals surface area contributed by atoms with Gasteiger partial charge in [0.05, 0.1) is 5.92 Å². The van der Waals surface area contributed by atoms with E-state index < -0.39 is 5.97 Å². The molecule has 0 saturated heterocycles. The molecule has 3 atom stereocenters. The second kappa shape index (κ2) is 3.48. The van der Waals surface area contributed by atoms with Crippen LogP contribution in [0.15, 0.2) is 0 Å². The zero-order valence-electron chi connectivity index (χ0n) is 6.66. The minimum Gasteiger partial charge on any atom is -0.481 e. The fourth-order valence-electron chi connectivity index (χ4n) is 1.87. The summed E-state index contributed by atoms with van der Waals surface area (Å²) in [5.41, 5.74) is 0. The van der Waals surface area contributed by atoms with Crippen LogP contribution in [0.2, 0.25) is 0 Å². The van der Waals surface area contributed by atoms with Crippen LogP contribution in [-0.2, 0) is 4.79 Å². The average molecular weight is 174 g/mol. The molecule has 1 rings (SSSR count). The van der Waals surface area contributed by atoms with Crippen molar-refractivity contribution >= 4 is 18.6 Å². The smallest absolute Gasteiger partial charge is 0.306 e. The Morgan fingerprint density at radius 2 is 2.27 bits per heavy atom. The molecule has 1 aliphatic rings. The number of carbonyl (C=O) groups is 1. The molecule has 11 heavy (non-hydrogen) atoms. The summed E-state index contributed by atoms with van der Waals surface area (Å²) in [4.78, 5) is 10.7. The van der Waals surface area contributed by atoms with E-state index in [1.54, 1.807) is 0 Å². The normalized spacial score (nSPS) is 33.6. The molecule has 0 amide bonds. The third kappa shape index (κ3) is 1.89. The largest absolute Gasteiger partial charge is 0.481 e. The zero-order chi connectivity index (χ0) is 8.43. The first-order chi connectivity index (χ1) is 5.13. The minimum atomic E-state index is -0.645. The van der Waals surface area contributed by atoms with Crippen LogP contribution in [0.1, 0.15) is 26.2 Å². The molecule has 0 aliphatic heterocycles. The van der Waals surface area contributed by atoms with Crippen molar-refractivity contribution in [3.63, 3.8) is 0 Å². The van der Waals surface area contributed by atoms with Crippen molar-refractivity contribution in [2.45, 2.75) is 31.4 Å². The first kappa shape index (κ1) is 8.91. The van der Waals surface area contributed by atoms with E-state index >= 15 is 0 Å². The Labute approximate surface area is 72.4 Å². The second-order valence-electron chi connectivity index (χ2n) is 3.28. The van der Waals surface area contributed by atoms with Gasteiger partial charge in [-0.05, 0) is 18.8 Å². The van der Waals surface area contributed by atoms with Crippen LogP contribution in [0.25, 0.3) is 0 Å². The standard InChI is InChI=1S/C8H14O2S/c1-5(11)6-3-2-4-7(6)8(9)10/h5-7,11H,2-4H2,1H3,(H,9,10). The molecule has 0 bridgehead atoms. The SMILES string of the molecule is CC(S)C1CCCC1C(=O)O. The van der Waals surface area contributed by atoms with Gasteiger partial charge in [-0.3, -0.25) is 4.79 Å². The van der Waals surface area contributed by atoms with E-state index in [4.69, 9.17) is 5.11 Å². The lowest BCUT2D eigenvalue weighted by Gasteiger charge is -2.18. The van der Waals surface area contributed by atoms with E-state index in [0.717, 1.165) is 19.3 Å². The van der Waals surface area contributed by atoms with Crippen molar-refractivity contribution in [1.29, 1.82) is 0 Å². The fraction of sp³-hybridized carbons (Fsp3) is 0.875. The first-order valence-corrected chi connectivity index (χ1v) is 4.55. The molecule has 0 aromatic heterocycles. The predicted octanol–water partition coefficient (Wildman–Crippen LogP) is 1.81. The van der Waals surface area contributed by atoms with Gasteiger partial charge in [0, 0.05) is 5.25 Å². The van der Waals surface area contributed by atoms with Crippen molar-refractivity contribution in [3.8, 4) is 0 Å². The minimum absolute atomic E-state index is 0.137. The number of hydrogen-bond donors (Lipinski definition) is 2. The molecule has 1 fully saturated rings. The van der Waals surface area contributed by atoms with E-state index in [2.05, 4.69) is 12.6 Å². The molecular weight excluding hydrogens is 160 g/mol. The number of rotatable bonds is 2. The molecule has 3 unspecified atom stereocenters. The van der Waals surface area contributed by atoms with E-state index in [9.17, 15) is 4.79 Å². The van der Waals surface area contributed by atoms with Crippen LogP contribution < -0.4 is 0 Å². The van der Waals surface area contributed by atoms with E-state index in [0.29, 0.717) is 0 Å². The maximum atomic E-state index is 10.7. The Morgan fingerprint density at radius 3 is 2.64 bits per heavy atom. The Kier molecular flexibility index (Phi) is 2.82. The number of carboxylic acid groups (broad SMARTS) is 1. The molecule has 2 nitrogen and oxygen atoms in total. The molecule has 0 spiro atoms. The van der Waals surface area contributed by atoms with Crippen molar-refractivity contribution in [2.75, 3.05) is 0 Å². The molecule has 0 heterocycles. The Bertz CT molecular complexity index is 156. The summed E-state index contributed by atoms with van der Waals surface area (Å²) in [6.07, 6.45) is 2.92. The van der Waals surface area contributed by atoms with Crippen LogP contribution in [0, 0.1) is 11.8 Å². The summed E-state index contributed by atoms with van der Waals surface area (Å²) in [6, 6.07) is 0. The second-order valence-corrected chi connectivity index (χ2v) is 4.09. The van der Waals surface area contributed by atoms with Crippen LogP contribution in [0.3, 0.4) is 0 Å². The lowest BCUT2D eigenvalue weighted by atomic mass is 9.93. The molecule has 0 aromatic carbocycles. The van der Waals surface area contributed by atoms with Crippen molar-refractivity contribution in [2.24, 2.45) is 11.8 Å². The lowest BCUT2D eigenvalue weighted by molar-refractivity contribution is -0.142. The van der Waals surface area contributed by atoms with Crippen LogP contribution in [-0.4, -0.2) is 16.3 Å². The predicted molar refractivity (Wildman–Crippen MR) is 46.9 cm³/mol. The summed E-state index contributed by atoms with van der Waals surface area (Å²) in [6.45, 7) is 1.98. The Balaban J connectivity index is 2.58. The molecular formula is C8H14O2S. The van der Waals surface area contributed by atoms with Gasteiger partial charge in [0.25, 0.3) is 0 Å². The summed E-state index contributed by atoms with van der Waals surface area (Å²) < 4.78 is 0. The molecule has 64 valence electrons. The van der Waals surface area contributed by atoms with Gasteiger partial charge in [-0.25, -0.2) is 0 Å². The Morgan fingerprint density at radius 1 is 1.64 bits per heavy atom. The maximum Gasteiger partial charge on any atom is 0.306 e. The van der Waals surface area contributed by atoms with Gasteiger partial charge < -0.3 is 5.11 Å². The molecule has 0 radical (unpaired) electrons. The van der Waals surface area contributed by atoms with Gasteiger partial charge in [-0.15, -0.1) is 0 Å². The summed E-state index contributed by atoms with van der Waals surface area (Å²) in [7, 11) is 0. The summed E-state index contributed by atoms with van der Waals surface area (Å²) in [5.74, 6) is -0.494. The number of thiol groups is 1. The summed E-state index contributed by atoms with van der Waals surface area (Å²) in [5, 5.41) is 9.02. The first-order valence-electron chi connectivity index (χ1n) is 4.04. The highest BCUT2D eigenvalue weighted by Crippen LogP contribution is 2.35. The van der Waals surface area contributed by atoms with Crippen molar-refractivity contribution in [1.82, 2.24) is 0 Å². The summed E-state index contributed by atoms with van der Waals surface area (Å²) >= 11 is 4.28. The number of carboxylic acids is 1. The van der Waals surface area contributed by atoms with Crippen molar-refractivity contribution in [3.05, 3.63) is 0 Å². The molecule has 1 saturated carbocycles. The van der Waals surface area contributed by atoms with Gasteiger partial charge in [0.15, 0.2) is 0 Å². The van der Waals surface area contributed by atoms with Crippen LogP contribution in [0.4, 0.5) is 0 Å². The molecule has 1 aliphatic carbocycles.